The molecule has 0 aliphatic carbocycles. The van der Waals surface area contributed by atoms with E-state index in [1.807, 2.05) is 0 Å². The number of carbonyl (C=O) groups excluding carboxylic acids is 1. The SMILES string of the molecule is O=C(c1cccc(OC(F)(F)F)c1)N1CCC(c2ccccc2)S1(=O)=O. The summed E-state index contributed by atoms with van der Waals surface area (Å²) in [4.78, 5) is 12.6. The van der Waals surface area contributed by atoms with Gasteiger partial charge in [0, 0.05) is 12.1 Å². The number of halogens is 3. The monoisotopic (exact) mass is 385 g/mol. The normalized spacial score (nSPS) is 19.3. The minimum Gasteiger partial charge on any atom is -0.406 e. The minimum absolute atomic E-state index is 0.0366. The molecule has 1 aliphatic heterocycles. The highest BCUT2D eigenvalue weighted by molar-refractivity contribution is 7.90. The molecule has 0 aromatic heterocycles. The first-order chi connectivity index (χ1) is 12.2. The summed E-state index contributed by atoms with van der Waals surface area (Å²) in [7, 11) is -3.96. The molecule has 1 saturated heterocycles. The zero-order valence-corrected chi connectivity index (χ0v) is 14.1. The molecule has 1 heterocycles. The lowest BCUT2D eigenvalue weighted by molar-refractivity contribution is -0.274. The first-order valence-corrected chi connectivity index (χ1v) is 9.15. The lowest BCUT2D eigenvalue weighted by Gasteiger charge is -2.18. The van der Waals surface area contributed by atoms with Crippen molar-refractivity contribution < 1.29 is 31.1 Å². The van der Waals surface area contributed by atoms with Gasteiger partial charge in [0.1, 0.15) is 11.0 Å². The van der Waals surface area contributed by atoms with Crippen molar-refractivity contribution in [3.8, 4) is 5.75 Å². The Morgan fingerprint density at radius 1 is 1.08 bits per heavy atom. The van der Waals surface area contributed by atoms with Crippen LogP contribution in [0.5, 0.6) is 5.75 Å². The van der Waals surface area contributed by atoms with Gasteiger partial charge < -0.3 is 4.74 Å². The summed E-state index contributed by atoms with van der Waals surface area (Å²) >= 11 is 0. The standard InChI is InChI=1S/C17H14F3NO4S/c18-17(19,20)25-14-8-4-7-13(11-14)16(22)21-10-9-15(26(21,23)24)12-5-2-1-3-6-12/h1-8,11,15H,9-10H2. The van der Waals surface area contributed by atoms with Crippen molar-refractivity contribution in [3.63, 3.8) is 0 Å². The van der Waals surface area contributed by atoms with Crippen molar-refractivity contribution in [1.82, 2.24) is 4.31 Å². The van der Waals surface area contributed by atoms with Crippen LogP contribution in [-0.2, 0) is 10.0 Å². The summed E-state index contributed by atoms with van der Waals surface area (Å²) in [6.45, 7) is -0.0366. The Morgan fingerprint density at radius 2 is 1.77 bits per heavy atom. The topological polar surface area (TPSA) is 63.7 Å². The molecule has 2 aromatic carbocycles. The Morgan fingerprint density at radius 3 is 2.42 bits per heavy atom. The fourth-order valence-corrected chi connectivity index (χ4v) is 4.77. The Bertz CT molecular complexity index is 913. The van der Waals surface area contributed by atoms with Gasteiger partial charge in [0.15, 0.2) is 0 Å². The lowest BCUT2D eigenvalue weighted by Crippen LogP contribution is -2.33. The number of alkyl halides is 3. The molecule has 26 heavy (non-hydrogen) atoms. The number of ether oxygens (including phenoxy) is 1. The molecular weight excluding hydrogens is 371 g/mol. The van der Waals surface area contributed by atoms with E-state index in [1.165, 1.54) is 12.1 Å². The van der Waals surface area contributed by atoms with E-state index in [2.05, 4.69) is 4.74 Å². The van der Waals surface area contributed by atoms with E-state index in [9.17, 15) is 26.4 Å². The Labute approximate surface area is 148 Å². The Kier molecular flexibility index (Phi) is 4.66. The zero-order chi connectivity index (χ0) is 18.9. The van der Waals surface area contributed by atoms with Gasteiger partial charge in [0.05, 0.1) is 0 Å². The van der Waals surface area contributed by atoms with Crippen LogP contribution in [0.25, 0.3) is 0 Å². The summed E-state index contributed by atoms with van der Waals surface area (Å²) in [6.07, 6.45) is -4.68. The summed E-state index contributed by atoms with van der Waals surface area (Å²) < 4.78 is 66.9. The third-order valence-corrected chi connectivity index (χ3v) is 6.16. The average Bonchev–Trinajstić information content (AvgIpc) is 2.88. The predicted molar refractivity (Wildman–Crippen MR) is 86.9 cm³/mol. The van der Waals surface area contributed by atoms with Gasteiger partial charge in [-0.3, -0.25) is 4.79 Å². The van der Waals surface area contributed by atoms with Crippen molar-refractivity contribution in [3.05, 3.63) is 65.7 Å². The molecule has 5 nitrogen and oxygen atoms in total. The van der Waals surface area contributed by atoms with Crippen LogP contribution in [0.3, 0.4) is 0 Å². The molecule has 0 bridgehead atoms. The van der Waals surface area contributed by atoms with Gasteiger partial charge in [-0.25, -0.2) is 12.7 Å². The second-order valence-electron chi connectivity index (χ2n) is 5.69. The first-order valence-electron chi connectivity index (χ1n) is 7.65. The lowest BCUT2D eigenvalue weighted by atomic mass is 10.1. The molecule has 3 rings (SSSR count). The van der Waals surface area contributed by atoms with Gasteiger partial charge in [-0.1, -0.05) is 36.4 Å². The highest BCUT2D eigenvalue weighted by Gasteiger charge is 2.42. The highest BCUT2D eigenvalue weighted by Crippen LogP contribution is 2.36. The summed E-state index contributed by atoms with van der Waals surface area (Å²) in [5.41, 5.74) is 0.376. The van der Waals surface area contributed by atoms with Crippen molar-refractivity contribution in [2.24, 2.45) is 0 Å². The van der Waals surface area contributed by atoms with Crippen LogP contribution in [0, 0.1) is 0 Å². The van der Waals surface area contributed by atoms with Crippen LogP contribution in [0.1, 0.15) is 27.6 Å². The van der Waals surface area contributed by atoms with Gasteiger partial charge in [-0.05, 0) is 30.2 Å². The van der Waals surface area contributed by atoms with E-state index in [1.54, 1.807) is 30.3 Å². The van der Waals surface area contributed by atoms with Crippen LogP contribution in [-0.4, -0.2) is 31.5 Å². The maximum absolute atomic E-state index is 12.7. The van der Waals surface area contributed by atoms with Gasteiger partial charge in [-0.2, -0.15) is 0 Å². The third-order valence-electron chi connectivity index (χ3n) is 3.97. The van der Waals surface area contributed by atoms with E-state index in [-0.39, 0.29) is 18.5 Å². The number of nitrogens with zero attached hydrogens (tertiary/aromatic N) is 1. The molecule has 0 saturated carbocycles. The maximum Gasteiger partial charge on any atom is 0.573 e. The molecule has 1 fully saturated rings. The molecule has 0 radical (unpaired) electrons. The van der Waals surface area contributed by atoms with Gasteiger partial charge in [0.2, 0.25) is 10.0 Å². The van der Waals surface area contributed by atoms with Crippen molar-refractivity contribution >= 4 is 15.9 Å². The molecule has 9 heteroatoms. The van der Waals surface area contributed by atoms with Gasteiger partial charge in [-0.15, -0.1) is 13.2 Å². The van der Waals surface area contributed by atoms with Crippen LogP contribution >= 0.6 is 0 Å². The van der Waals surface area contributed by atoms with E-state index < -0.39 is 33.3 Å². The molecule has 1 unspecified atom stereocenters. The number of amides is 1. The molecule has 0 spiro atoms. The second kappa shape index (κ2) is 6.64. The van der Waals surface area contributed by atoms with Crippen LogP contribution in [0.4, 0.5) is 13.2 Å². The van der Waals surface area contributed by atoms with Gasteiger partial charge >= 0.3 is 6.36 Å². The number of benzene rings is 2. The molecule has 0 N–H and O–H groups in total. The fourth-order valence-electron chi connectivity index (χ4n) is 2.86. The highest BCUT2D eigenvalue weighted by atomic mass is 32.2. The number of sulfonamides is 1. The smallest absolute Gasteiger partial charge is 0.406 e. The summed E-state index contributed by atoms with van der Waals surface area (Å²) in [6, 6.07) is 12.8. The first kappa shape index (κ1) is 18.2. The number of hydrogen-bond acceptors (Lipinski definition) is 4. The average molecular weight is 385 g/mol. The molecule has 138 valence electrons. The van der Waals surface area contributed by atoms with E-state index >= 15 is 0 Å². The molecule has 2 aromatic rings. The summed E-state index contributed by atoms with van der Waals surface area (Å²) in [5.74, 6) is -1.46. The number of rotatable bonds is 3. The predicted octanol–water partition coefficient (Wildman–Crippen LogP) is 3.50. The maximum atomic E-state index is 12.7. The number of hydrogen-bond donors (Lipinski definition) is 0. The van der Waals surface area contributed by atoms with Crippen LogP contribution < -0.4 is 4.74 Å². The quantitative estimate of drug-likeness (QED) is 0.811. The molecular formula is C17H14F3NO4S. The van der Waals surface area contributed by atoms with Crippen molar-refractivity contribution in [2.75, 3.05) is 6.54 Å². The largest absolute Gasteiger partial charge is 0.573 e. The fraction of sp³-hybridized carbons (Fsp3) is 0.235. The summed E-state index contributed by atoms with van der Waals surface area (Å²) in [5, 5.41) is -0.859. The second-order valence-corrected chi connectivity index (χ2v) is 7.73. The third kappa shape index (κ3) is 3.67. The Hall–Kier alpha value is -2.55. The van der Waals surface area contributed by atoms with Crippen molar-refractivity contribution in [2.45, 2.75) is 18.0 Å². The van der Waals surface area contributed by atoms with Crippen LogP contribution in [0.15, 0.2) is 54.6 Å². The molecule has 1 atom stereocenters. The van der Waals surface area contributed by atoms with E-state index in [0.29, 0.717) is 9.87 Å². The van der Waals surface area contributed by atoms with Crippen molar-refractivity contribution in [1.29, 1.82) is 0 Å². The van der Waals surface area contributed by atoms with Gasteiger partial charge in [0.25, 0.3) is 5.91 Å². The zero-order valence-electron chi connectivity index (χ0n) is 13.3. The minimum atomic E-state index is -4.90. The Balaban J connectivity index is 1.86. The van der Waals surface area contributed by atoms with E-state index in [0.717, 1.165) is 12.1 Å². The van der Waals surface area contributed by atoms with Crippen LogP contribution in [0.2, 0.25) is 0 Å². The van der Waals surface area contributed by atoms with E-state index in [4.69, 9.17) is 0 Å². The number of carbonyl (C=O) groups is 1. The molecule has 1 amide bonds. The molecule has 1 aliphatic rings.